The second-order valence-corrected chi connectivity index (χ2v) is 5.94. The molecule has 20 heavy (non-hydrogen) atoms. The number of amides is 1. The second-order valence-electron chi connectivity index (χ2n) is 5.09. The highest BCUT2D eigenvalue weighted by molar-refractivity contribution is 9.10. The van der Waals surface area contributed by atoms with Crippen molar-refractivity contribution in [1.82, 2.24) is 5.32 Å². The van der Waals surface area contributed by atoms with E-state index in [-0.39, 0.29) is 5.91 Å². The number of carbonyl (C=O) groups excluding carboxylic acids is 1. The second kappa shape index (κ2) is 5.79. The SMILES string of the molecule is Cc1ccc(/C=C/C(=O)NC2(C(=O)O)CCC2)c(Br)c1. The molecule has 106 valence electrons. The van der Waals surface area contributed by atoms with Gasteiger partial charge in [0.15, 0.2) is 0 Å². The van der Waals surface area contributed by atoms with Crippen LogP contribution in [0.4, 0.5) is 0 Å². The van der Waals surface area contributed by atoms with Crippen LogP contribution in [0.5, 0.6) is 0 Å². The van der Waals surface area contributed by atoms with Crippen LogP contribution in [-0.4, -0.2) is 22.5 Å². The van der Waals surface area contributed by atoms with E-state index in [4.69, 9.17) is 5.11 Å². The number of hydrogen-bond acceptors (Lipinski definition) is 2. The van der Waals surface area contributed by atoms with Gasteiger partial charge in [-0.1, -0.05) is 28.1 Å². The molecule has 1 aliphatic carbocycles. The van der Waals surface area contributed by atoms with Crippen molar-refractivity contribution in [2.24, 2.45) is 0 Å². The molecule has 0 atom stereocenters. The first-order valence-corrected chi connectivity index (χ1v) is 7.22. The van der Waals surface area contributed by atoms with Crippen molar-refractivity contribution in [2.45, 2.75) is 31.7 Å². The van der Waals surface area contributed by atoms with Gasteiger partial charge in [0.2, 0.25) is 5.91 Å². The Balaban J connectivity index is 2.04. The summed E-state index contributed by atoms with van der Waals surface area (Å²) in [4.78, 5) is 23.0. The summed E-state index contributed by atoms with van der Waals surface area (Å²) < 4.78 is 0.901. The van der Waals surface area contributed by atoms with Gasteiger partial charge < -0.3 is 10.4 Å². The Morgan fingerprint density at radius 3 is 2.60 bits per heavy atom. The number of hydrogen-bond donors (Lipinski definition) is 2. The molecule has 0 bridgehead atoms. The molecular weight excluding hydrogens is 322 g/mol. The fraction of sp³-hybridized carbons (Fsp3) is 0.333. The molecule has 1 aromatic rings. The maximum Gasteiger partial charge on any atom is 0.329 e. The lowest BCUT2D eigenvalue weighted by Crippen LogP contribution is -2.58. The molecule has 0 saturated heterocycles. The van der Waals surface area contributed by atoms with Crippen LogP contribution in [0, 0.1) is 6.92 Å². The first-order valence-electron chi connectivity index (χ1n) is 6.43. The topological polar surface area (TPSA) is 66.4 Å². The highest BCUT2D eigenvalue weighted by Crippen LogP contribution is 2.32. The van der Waals surface area contributed by atoms with Gasteiger partial charge in [0, 0.05) is 10.5 Å². The lowest BCUT2D eigenvalue weighted by atomic mass is 9.77. The predicted octanol–water partition coefficient (Wildman–Crippen LogP) is 2.89. The molecule has 1 amide bonds. The molecule has 1 aromatic carbocycles. The Kier molecular flexibility index (Phi) is 4.28. The number of halogens is 1. The van der Waals surface area contributed by atoms with Gasteiger partial charge in [-0.25, -0.2) is 4.79 Å². The van der Waals surface area contributed by atoms with Crippen molar-refractivity contribution in [1.29, 1.82) is 0 Å². The maximum absolute atomic E-state index is 11.8. The van der Waals surface area contributed by atoms with Crippen molar-refractivity contribution >= 4 is 33.9 Å². The number of rotatable bonds is 4. The molecule has 1 fully saturated rings. The Labute approximate surface area is 126 Å². The maximum atomic E-state index is 11.8. The van der Waals surface area contributed by atoms with Gasteiger partial charge in [0.05, 0.1) is 0 Å². The quantitative estimate of drug-likeness (QED) is 0.830. The minimum atomic E-state index is -1.06. The molecule has 1 saturated carbocycles. The van der Waals surface area contributed by atoms with Gasteiger partial charge in [-0.15, -0.1) is 0 Å². The molecule has 0 heterocycles. The van der Waals surface area contributed by atoms with E-state index in [2.05, 4.69) is 21.2 Å². The first kappa shape index (κ1) is 14.8. The first-order chi connectivity index (χ1) is 9.43. The number of carboxylic acids is 1. The van der Waals surface area contributed by atoms with Crippen LogP contribution < -0.4 is 5.32 Å². The monoisotopic (exact) mass is 337 g/mol. The summed E-state index contributed by atoms with van der Waals surface area (Å²) in [5.41, 5.74) is 0.938. The Morgan fingerprint density at radius 2 is 2.10 bits per heavy atom. The predicted molar refractivity (Wildman–Crippen MR) is 80.3 cm³/mol. The fourth-order valence-electron chi connectivity index (χ4n) is 2.13. The summed E-state index contributed by atoms with van der Waals surface area (Å²) in [6.07, 6.45) is 4.87. The van der Waals surface area contributed by atoms with Crippen LogP contribution in [0.3, 0.4) is 0 Å². The van der Waals surface area contributed by atoms with E-state index in [0.29, 0.717) is 12.8 Å². The third-order valence-electron chi connectivity index (χ3n) is 3.55. The molecule has 0 radical (unpaired) electrons. The van der Waals surface area contributed by atoms with Crippen LogP contribution in [-0.2, 0) is 9.59 Å². The largest absolute Gasteiger partial charge is 0.480 e. The third-order valence-corrected chi connectivity index (χ3v) is 4.24. The zero-order valence-electron chi connectivity index (χ0n) is 11.1. The van der Waals surface area contributed by atoms with Crippen LogP contribution in [0.25, 0.3) is 6.08 Å². The van der Waals surface area contributed by atoms with Gasteiger partial charge in [-0.05, 0) is 49.5 Å². The van der Waals surface area contributed by atoms with E-state index in [9.17, 15) is 9.59 Å². The van der Waals surface area contributed by atoms with E-state index >= 15 is 0 Å². The standard InChI is InChI=1S/C15H16BrNO3/c1-10-3-4-11(12(16)9-10)5-6-13(18)17-15(14(19)20)7-2-8-15/h3-6,9H,2,7-8H2,1H3,(H,17,18)(H,19,20)/b6-5+. The molecule has 5 heteroatoms. The number of aryl methyl sites for hydroxylation is 1. The van der Waals surface area contributed by atoms with Crippen molar-refractivity contribution in [3.8, 4) is 0 Å². The van der Waals surface area contributed by atoms with E-state index in [1.165, 1.54) is 6.08 Å². The van der Waals surface area contributed by atoms with Crippen molar-refractivity contribution < 1.29 is 14.7 Å². The van der Waals surface area contributed by atoms with E-state index in [1.54, 1.807) is 6.08 Å². The summed E-state index contributed by atoms with van der Waals surface area (Å²) in [7, 11) is 0. The Morgan fingerprint density at radius 1 is 1.40 bits per heavy atom. The van der Waals surface area contributed by atoms with Crippen LogP contribution in [0.1, 0.15) is 30.4 Å². The minimum absolute atomic E-state index is 0.375. The normalized spacial score (nSPS) is 16.7. The molecule has 2 N–H and O–H groups in total. The molecule has 0 aromatic heterocycles. The zero-order valence-corrected chi connectivity index (χ0v) is 12.7. The lowest BCUT2D eigenvalue weighted by Gasteiger charge is -2.37. The van der Waals surface area contributed by atoms with Crippen molar-refractivity contribution in [3.63, 3.8) is 0 Å². The number of carbonyl (C=O) groups is 2. The molecule has 1 aliphatic rings. The van der Waals surface area contributed by atoms with Crippen LogP contribution >= 0.6 is 15.9 Å². The van der Waals surface area contributed by atoms with Gasteiger partial charge in [0.1, 0.15) is 5.54 Å². The number of aliphatic carboxylic acids is 1. The third kappa shape index (κ3) is 3.10. The van der Waals surface area contributed by atoms with Gasteiger partial charge >= 0.3 is 5.97 Å². The van der Waals surface area contributed by atoms with Crippen LogP contribution in [0.15, 0.2) is 28.7 Å². The summed E-state index contributed by atoms with van der Waals surface area (Å²) in [6, 6.07) is 5.81. The summed E-state index contributed by atoms with van der Waals surface area (Å²) in [5, 5.41) is 11.7. The molecule has 0 unspecified atom stereocenters. The van der Waals surface area contributed by atoms with E-state index < -0.39 is 11.5 Å². The van der Waals surface area contributed by atoms with E-state index in [1.807, 2.05) is 25.1 Å². The summed E-state index contributed by atoms with van der Waals surface area (Å²) >= 11 is 3.43. The van der Waals surface area contributed by atoms with Crippen LogP contribution in [0.2, 0.25) is 0 Å². The summed E-state index contributed by atoms with van der Waals surface area (Å²) in [6.45, 7) is 1.98. The Hall–Kier alpha value is -1.62. The number of benzene rings is 1. The molecule has 4 nitrogen and oxygen atoms in total. The van der Waals surface area contributed by atoms with Crippen molar-refractivity contribution in [3.05, 3.63) is 39.9 Å². The van der Waals surface area contributed by atoms with Gasteiger partial charge in [0.25, 0.3) is 0 Å². The highest BCUT2D eigenvalue weighted by Gasteiger charge is 2.45. The summed E-state index contributed by atoms with van der Waals surface area (Å²) in [5.74, 6) is -1.33. The highest BCUT2D eigenvalue weighted by atomic mass is 79.9. The fourth-order valence-corrected chi connectivity index (χ4v) is 2.76. The van der Waals surface area contributed by atoms with Gasteiger partial charge in [-0.3, -0.25) is 4.79 Å². The molecule has 0 aliphatic heterocycles. The average molecular weight is 338 g/mol. The minimum Gasteiger partial charge on any atom is -0.480 e. The zero-order chi connectivity index (χ0) is 14.8. The van der Waals surface area contributed by atoms with E-state index in [0.717, 1.165) is 22.0 Å². The lowest BCUT2D eigenvalue weighted by molar-refractivity contribution is -0.151. The number of nitrogens with one attached hydrogen (secondary N) is 1. The number of carboxylic acid groups (broad SMARTS) is 1. The molecule has 0 spiro atoms. The smallest absolute Gasteiger partial charge is 0.329 e. The molecular formula is C15H16BrNO3. The molecule has 2 rings (SSSR count). The average Bonchev–Trinajstić information content (AvgIpc) is 2.32. The van der Waals surface area contributed by atoms with Gasteiger partial charge in [-0.2, -0.15) is 0 Å². The van der Waals surface area contributed by atoms with Crippen molar-refractivity contribution in [2.75, 3.05) is 0 Å². The Bertz CT molecular complexity index is 576.